The Kier molecular flexibility index (Phi) is 3.60. The summed E-state index contributed by atoms with van der Waals surface area (Å²) in [7, 11) is -1.98. The fourth-order valence-electron chi connectivity index (χ4n) is 1.09. The summed E-state index contributed by atoms with van der Waals surface area (Å²) in [6, 6.07) is 2.09. The molecule has 1 aromatic rings. The summed E-state index contributed by atoms with van der Waals surface area (Å²) in [4.78, 5) is 10.6. The number of carboxylic acids is 1. The summed E-state index contributed by atoms with van der Waals surface area (Å²) in [6.07, 6.45) is 0. The lowest BCUT2D eigenvalue weighted by Crippen LogP contribution is -2.30. The van der Waals surface area contributed by atoms with Crippen molar-refractivity contribution in [3.8, 4) is 5.75 Å². The van der Waals surface area contributed by atoms with Gasteiger partial charge in [0.1, 0.15) is 0 Å². The number of carbonyl (C=O) groups is 1. The van der Waals surface area contributed by atoms with Crippen LogP contribution in [0.25, 0.3) is 0 Å². The van der Waals surface area contributed by atoms with Crippen LogP contribution in [0.5, 0.6) is 5.75 Å². The smallest absolute Gasteiger partial charge is 0.335 e. The van der Waals surface area contributed by atoms with Gasteiger partial charge in [0.2, 0.25) is 8.32 Å². The summed E-state index contributed by atoms with van der Waals surface area (Å²) < 4.78 is 19.0. The summed E-state index contributed by atoms with van der Waals surface area (Å²) >= 11 is 5.78. The third kappa shape index (κ3) is 3.21. The largest absolute Gasteiger partial charge is 0.541 e. The average Bonchev–Trinajstić information content (AvgIpc) is 2.09. The van der Waals surface area contributed by atoms with Crippen molar-refractivity contribution in [3.05, 3.63) is 28.5 Å². The number of rotatable bonds is 3. The minimum Gasteiger partial charge on any atom is -0.541 e. The Balaban J connectivity index is 3.18. The average molecular weight is 263 g/mol. The van der Waals surface area contributed by atoms with E-state index in [0.717, 1.165) is 6.07 Å². The molecule has 0 saturated carbocycles. The van der Waals surface area contributed by atoms with E-state index in [-0.39, 0.29) is 16.3 Å². The van der Waals surface area contributed by atoms with Gasteiger partial charge in [0.25, 0.3) is 0 Å². The second kappa shape index (κ2) is 4.43. The van der Waals surface area contributed by atoms with E-state index in [0.29, 0.717) is 0 Å². The predicted octanol–water partition coefficient (Wildman–Crippen LogP) is 3.39. The van der Waals surface area contributed by atoms with Gasteiger partial charge in [-0.25, -0.2) is 9.18 Å². The minimum absolute atomic E-state index is 0.0141. The zero-order valence-electron chi connectivity index (χ0n) is 9.17. The summed E-state index contributed by atoms with van der Waals surface area (Å²) in [5, 5.41) is 8.69. The summed E-state index contributed by atoms with van der Waals surface area (Å²) in [5.41, 5.74) is -0.189. The lowest BCUT2D eigenvalue weighted by Gasteiger charge is -2.20. The second-order valence-corrected chi connectivity index (χ2v) is 9.12. The van der Waals surface area contributed by atoms with E-state index in [4.69, 9.17) is 21.1 Å². The van der Waals surface area contributed by atoms with Crippen LogP contribution in [0.1, 0.15) is 10.4 Å². The fourth-order valence-corrected chi connectivity index (χ4v) is 2.22. The highest BCUT2D eigenvalue weighted by atomic mass is 35.5. The molecule has 0 saturated heterocycles. The number of halogens is 2. The van der Waals surface area contributed by atoms with Crippen molar-refractivity contribution in [3.63, 3.8) is 0 Å². The zero-order valence-corrected chi connectivity index (χ0v) is 10.9. The van der Waals surface area contributed by atoms with Crippen molar-refractivity contribution in [1.29, 1.82) is 0 Å². The van der Waals surface area contributed by atoms with Crippen LogP contribution in [0.4, 0.5) is 4.39 Å². The first-order valence-electron chi connectivity index (χ1n) is 4.62. The van der Waals surface area contributed by atoms with Crippen molar-refractivity contribution in [2.75, 3.05) is 0 Å². The van der Waals surface area contributed by atoms with E-state index in [1.807, 2.05) is 19.6 Å². The van der Waals surface area contributed by atoms with Crippen molar-refractivity contribution >= 4 is 25.9 Å². The van der Waals surface area contributed by atoms with Gasteiger partial charge in [0.15, 0.2) is 11.6 Å². The maximum Gasteiger partial charge on any atom is 0.335 e. The molecule has 0 fully saturated rings. The molecule has 1 rings (SSSR count). The molecule has 0 heterocycles. The Morgan fingerprint density at radius 2 is 2.00 bits per heavy atom. The number of carboxylic acid groups (broad SMARTS) is 1. The standard InChI is InChI=1S/C10H12ClFO3Si/c1-16(2,3)15-9-7(11)4-6(10(13)14)5-8(9)12/h4-5H,1-3H3,(H,13,14). The molecule has 6 heteroatoms. The highest BCUT2D eigenvalue weighted by Gasteiger charge is 2.22. The normalized spacial score (nSPS) is 11.3. The number of hydrogen-bond acceptors (Lipinski definition) is 2. The maximum atomic E-state index is 13.6. The molecular weight excluding hydrogens is 251 g/mol. The van der Waals surface area contributed by atoms with Crippen LogP contribution in [0.15, 0.2) is 12.1 Å². The molecule has 0 amide bonds. The van der Waals surface area contributed by atoms with E-state index < -0.39 is 20.1 Å². The van der Waals surface area contributed by atoms with Crippen molar-refractivity contribution in [2.24, 2.45) is 0 Å². The van der Waals surface area contributed by atoms with E-state index in [9.17, 15) is 9.18 Å². The van der Waals surface area contributed by atoms with E-state index in [1.165, 1.54) is 6.07 Å². The molecule has 16 heavy (non-hydrogen) atoms. The van der Waals surface area contributed by atoms with Crippen LogP contribution < -0.4 is 4.43 Å². The highest BCUT2D eigenvalue weighted by molar-refractivity contribution is 6.70. The first-order valence-corrected chi connectivity index (χ1v) is 8.40. The molecule has 1 aromatic carbocycles. The summed E-state index contributed by atoms with van der Waals surface area (Å²) in [6.45, 7) is 5.65. The second-order valence-electron chi connectivity index (χ2n) is 4.29. The summed E-state index contributed by atoms with van der Waals surface area (Å²) in [5.74, 6) is -2.03. The Hall–Kier alpha value is -1.07. The van der Waals surface area contributed by atoms with E-state index in [2.05, 4.69) is 0 Å². The third-order valence-electron chi connectivity index (χ3n) is 1.65. The van der Waals surface area contributed by atoms with Gasteiger partial charge in [-0.05, 0) is 31.8 Å². The molecule has 0 aliphatic heterocycles. The number of hydrogen-bond donors (Lipinski definition) is 1. The lowest BCUT2D eigenvalue weighted by atomic mass is 10.2. The van der Waals surface area contributed by atoms with Crippen molar-refractivity contribution < 1.29 is 18.7 Å². The molecular formula is C10H12ClFO3Si. The fraction of sp³-hybridized carbons (Fsp3) is 0.300. The molecule has 0 unspecified atom stereocenters. The highest BCUT2D eigenvalue weighted by Crippen LogP contribution is 2.31. The molecule has 0 aliphatic carbocycles. The molecule has 1 N–H and O–H groups in total. The van der Waals surface area contributed by atoms with Crippen LogP contribution >= 0.6 is 11.6 Å². The molecule has 0 aliphatic rings. The molecule has 0 radical (unpaired) electrons. The van der Waals surface area contributed by atoms with Gasteiger partial charge in [-0.1, -0.05) is 11.6 Å². The minimum atomic E-state index is -1.98. The topological polar surface area (TPSA) is 46.5 Å². The Labute approximate surface area is 98.9 Å². The van der Waals surface area contributed by atoms with Gasteiger partial charge in [0.05, 0.1) is 10.6 Å². The molecule has 0 aromatic heterocycles. The van der Waals surface area contributed by atoms with Crippen LogP contribution in [-0.4, -0.2) is 19.4 Å². The van der Waals surface area contributed by atoms with Gasteiger partial charge in [0, 0.05) is 0 Å². The quantitative estimate of drug-likeness (QED) is 0.850. The van der Waals surface area contributed by atoms with Crippen LogP contribution in [0, 0.1) is 5.82 Å². The van der Waals surface area contributed by atoms with E-state index in [1.54, 1.807) is 0 Å². The van der Waals surface area contributed by atoms with Crippen LogP contribution in [-0.2, 0) is 0 Å². The Morgan fingerprint density at radius 1 is 1.44 bits per heavy atom. The van der Waals surface area contributed by atoms with Gasteiger partial charge in [-0.15, -0.1) is 0 Å². The Bertz CT molecular complexity index is 406. The predicted molar refractivity (Wildman–Crippen MR) is 62.3 cm³/mol. The third-order valence-corrected chi connectivity index (χ3v) is 2.75. The monoisotopic (exact) mass is 262 g/mol. The maximum absolute atomic E-state index is 13.6. The van der Waals surface area contributed by atoms with Gasteiger partial charge < -0.3 is 9.53 Å². The van der Waals surface area contributed by atoms with Crippen LogP contribution in [0.2, 0.25) is 24.7 Å². The van der Waals surface area contributed by atoms with E-state index >= 15 is 0 Å². The first-order chi connectivity index (χ1) is 7.20. The number of aromatic carboxylic acids is 1. The van der Waals surface area contributed by atoms with Gasteiger partial charge >= 0.3 is 5.97 Å². The van der Waals surface area contributed by atoms with Crippen molar-refractivity contribution in [2.45, 2.75) is 19.6 Å². The lowest BCUT2D eigenvalue weighted by molar-refractivity contribution is 0.0696. The molecule has 0 bridgehead atoms. The molecule has 88 valence electrons. The zero-order chi connectivity index (χ0) is 12.5. The van der Waals surface area contributed by atoms with Crippen LogP contribution in [0.3, 0.4) is 0 Å². The van der Waals surface area contributed by atoms with Gasteiger partial charge in [-0.2, -0.15) is 0 Å². The molecule has 0 spiro atoms. The van der Waals surface area contributed by atoms with Gasteiger partial charge in [-0.3, -0.25) is 0 Å². The number of benzene rings is 1. The molecule has 0 atom stereocenters. The first kappa shape index (κ1) is 13.0. The Morgan fingerprint density at radius 3 is 2.38 bits per heavy atom. The molecule has 3 nitrogen and oxygen atoms in total. The van der Waals surface area contributed by atoms with Crippen molar-refractivity contribution in [1.82, 2.24) is 0 Å². The SMILES string of the molecule is C[Si](C)(C)Oc1c(F)cc(C(=O)O)cc1Cl.